The Labute approximate surface area is 247 Å². The van der Waals surface area contributed by atoms with Crippen molar-refractivity contribution in [2.75, 3.05) is 20.1 Å². The Kier molecular flexibility index (Phi) is 6.69. The van der Waals surface area contributed by atoms with E-state index < -0.39 is 11.0 Å². The Morgan fingerprint density at radius 1 is 1.02 bits per heavy atom. The van der Waals surface area contributed by atoms with Crippen LogP contribution >= 0.6 is 0 Å². The van der Waals surface area contributed by atoms with E-state index in [1.54, 1.807) is 6.08 Å². The van der Waals surface area contributed by atoms with E-state index in [0.717, 1.165) is 43.7 Å². The summed E-state index contributed by atoms with van der Waals surface area (Å²) in [6.07, 6.45) is 7.21. The number of carbonyl (C=O) groups excluding carboxylic acids is 2. The lowest BCUT2D eigenvalue weighted by molar-refractivity contribution is -0.223. The van der Waals surface area contributed by atoms with Crippen molar-refractivity contribution in [2.24, 2.45) is 0 Å². The van der Waals surface area contributed by atoms with Crippen LogP contribution in [0.1, 0.15) is 48.4 Å². The van der Waals surface area contributed by atoms with Crippen molar-refractivity contribution in [1.82, 2.24) is 9.80 Å². The maximum Gasteiger partial charge on any atom is 0.303 e. The van der Waals surface area contributed by atoms with E-state index in [-0.39, 0.29) is 30.1 Å². The minimum Gasteiger partial charge on any atom is -0.487 e. The van der Waals surface area contributed by atoms with E-state index in [1.807, 2.05) is 48.4 Å². The van der Waals surface area contributed by atoms with E-state index in [2.05, 4.69) is 53.4 Å². The first kappa shape index (κ1) is 27.0. The number of hydrogen-bond donors (Lipinski definition) is 0. The van der Waals surface area contributed by atoms with Crippen molar-refractivity contribution >= 4 is 18.0 Å². The van der Waals surface area contributed by atoms with Crippen molar-refractivity contribution in [1.29, 1.82) is 0 Å². The first-order chi connectivity index (χ1) is 20.4. The average Bonchev–Trinajstić information content (AvgIpc) is 3.34. The number of benzene rings is 3. The number of rotatable bonds is 7. The summed E-state index contributed by atoms with van der Waals surface area (Å²) in [5.74, 6) is 0.593. The van der Waals surface area contributed by atoms with Crippen molar-refractivity contribution in [3.8, 4) is 5.75 Å². The van der Waals surface area contributed by atoms with Crippen LogP contribution in [0.2, 0.25) is 0 Å². The van der Waals surface area contributed by atoms with Gasteiger partial charge in [0, 0.05) is 32.2 Å². The summed E-state index contributed by atoms with van der Waals surface area (Å²) in [7, 11) is 1.89. The molecule has 6 heteroatoms. The number of likely N-dealkylation sites (N-methyl/N-ethyl adjacent to an activating group) is 1. The molecule has 1 unspecified atom stereocenters. The van der Waals surface area contributed by atoms with Crippen LogP contribution in [0.4, 0.5) is 0 Å². The zero-order chi connectivity index (χ0) is 28.9. The first-order valence-electron chi connectivity index (χ1n) is 15.2. The molecule has 4 aliphatic rings. The van der Waals surface area contributed by atoms with Crippen LogP contribution in [0, 0.1) is 0 Å². The second kappa shape index (κ2) is 10.4. The van der Waals surface area contributed by atoms with Gasteiger partial charge in [0.2, 0.25) is 5.91 Å². The summed E-state index contributed by atoms with van der Waals surface area (Å²) in [5.41, 5.74) is 3.58. The van der Waals surface area contributed by atoms with E-state index >= 15 is 0 Å². The molecule has 216 valence electrons. The molecule has 3 aromatic carbocycles. The molecule has 6 nitrogen and oxygen atoms in total. The number of esters is 1. The van der Waals surface area contributed by atoms with Gasteiger partial charge in [-0.15, -0.1) is 0 Å². The topological polar surface area (TPSA) is 59.1 Å². The molecule has 2 fully saturated rings. The molecule has 5 atom stereocenters. The standard InChI is InChI=1S/C36H38N2O4/c1-25(39)42-36-20-18-29(37(2)32(40)17-16-26-10-5-3-6-11-26)34-35(36)21-23-38(22-19-27-12-7-4-8-13-27)31(36)24-28-14-9-15-30(41-34)33(28)35/h3-17,29,31,34H,18-24H2,1-2H3/t29-,31-,34+,35+,36?/m1/s1. The minimum atomic E-state index is -0.710. The number of hydrogen-bond acceptors (Lipinski definition) is 5. The molecule has 2 bridgehead atoms. The van der Waals surface area contributed by atoms with Gasteiger partial charge in [-0.1, -0.05) is 72.8 Å². The number of piperidine rings is 1. The van der Waals surface area contributed by atoms with Gasteiger partial charge in [0.15, 0.2) is 0 Å². The molecule has 0 radical (unpaired) electrons. The molecule has 1 spiro atoms. The summed E-state index contributed by atoms with van der Waals surface area (Å²) in [6.45, 7) is 3.34. The van der Waals surface area contributed by atoms with Crippen LogP contribution in [0.15, 0.2) is 84.9 Å². The van der Waals surface area contributed by atoms with Crippen molar-refractivity contribution < 1.29 is 19.1 Å². The highest BCUT2D eigenvalue weighted by atomic mass is 16.6. The second-order valence-electron chi connectivity index (χ2n) is 12.3. The van der Waals surface area contributed by atoms with Crippen molar-refractivity contribution in [3.63, 3.8) is 0 Å². The highest BCUT2D eigenvalue weighted by Crippen LogP contribution is 2.65. The van der Waals surface area contributed by atoms with E-state index in [4.69, 9.17) is 9.47 Å². The minimum absolute atomic E-state index is 0.0470. The van der Waals surface area contributed by atoms with E-state index in [9.17, 15) is 9.59 Å². The number of carbonyl (C=O) groups is 2. The predicted octanol–water partition coefficient (Wildman–Crippen LogP) is 5.19. The van der Waals surface area contributed by atoms with Gasteiger partial charge < -0.3 is 14.4 Å². The van der Waals surface area contributed by atoms with Gasteiger partial charge in [-0.05, 0) is 67.5 Å². The summed E-state index contributed by atoms with van der Waals surface area (Å²) in [5, 5.41) is 0. The Bertz CT molecular complexity index is 1520. The highest BCUT2D eigenvalue weighted by molar-refractivity contribution is 5.92. The fourth-order valence-electron chi connectivity index (χ4n) is 8.60. The van der Waals surface area contributed by atoms with Gasteiger partial charge in [-0.2, -0.15) is 0 Å². The van der Waals surface area contributed by atoms with Gasteiger partial charge >= 0.3 is 5.97 Å². The first-order valence-corrected chi connectivity index (χ1v) is 15.2. The SMILES string of the molecule is CC(=O)OC12CC[C@@H](N(C)C(=O)C=Cc3ccccc3)[C@@H]3Oc4cccc5c4[C@@]31CCN(CCc1ccccc1)[C@@H]2C5. The maximum absolute atomic E-state index is 13.5. The zero-order valence-corrected chi connectivity index (χ0v) is 24.4. The quantitative estimate of drug-likeness (QED) is 0.293. The molecule has 0 aromatic heterocycles. The van der Waals surface area contributed by atoms with Crippen LogP contribution in [0.5, 0.6) is 5.75 Å². The summed E-state index contributed by atoms with van der Waals surface area (Å²) in [4.78, 5) is 30.8. The van der Waals surface area contributed by atoms with Crippen LogP contribution in [0.3, 0.4) is 0 Å². The molecular formula is C36H38N2O4. The molecule has 0 N–H and O–H groups in total. The average molecular weight is 563 g/mol. The van der Waals surface area contributed by atoms with Gasteiger partial charge in [-0.3, -0.25) is 14.5 Å². The molecule has 42 heavy (non-hydrogen) atoms. The number of amides is 1. The third-order valence-corrected chi connectivity index (χ3v) is 10.3. The van der Waals surface area contributed by atoms with Crippen LogP contribution in [-0.4, -0.2) is 65.6 Å². The fraction of sp³-hybridized carbons (Fsp3) is 0.389. The Hall–Kier alpha value is -3.90. The smallest absolute Gasteiger partial charge is 0.303 e. The molecule has 1 amide bonds. The fourth-order valence-corrected chi connectivity index (χ4v) is 8.60. The number of ether oxygens (including phenoxy) is 2. The Balaban J connectivity index is 1.25. The molecule has 3 aromatic rings. The predicted molar refractivity (Wildman–Crippen MR) is 162 cm³/mol. The zero-order valence-electron chi connectivity index (χ0n) is 24.4. The molecular weight excluding hydrogens is 524 g/mol. The lowest BCUT2D eigenvalue weighted by Gasteiger charge is -2.65. The monoisotopic (exact) mass is 562 g/mol. The van der Waals surface area contributed by atoms with E-state index in [1.165, 1.54) is 23.6 Å². The highest BCUT2D eigenvalue weighted by Gasteiger charge is 2.75. The Morgan fingerprint density at radius 3 is 2.55 bits per heavy atom. The summed E-state index contributed by atoms with van der Waals surface area (Å²) >= 11 is 0. The Morgan fingerprint density at radius 2 is 1.79 bits per heavy atom. The molecule has 2 heterocycles. The number of nitrogens with zero attached hydrogens (tertiary/aromatic N) is 2. The number of likely N-dealkylation sites (tertiary alicyclic amines) is 1. The van der Waals surface area contributed by atoms with Crippen molar-refractivity contribution in [2.45, 2.75) is 68.2 Å². The van der Waals surface area contributed by atoms with Crippen LogP contribution in [-0.2, 0) is 32.6 Å². The third kappa shape index (κ3) is 4.10. The normalized spacial score (nSPS) is 29.0. The van der Waals surface area contributed by atoms with Crippen LogP contribution in [0.25, 0.3) is 6.08 Å². The second-order valence-corrected chi connectivity index (χ2v) is 12.3. The molecule has 2 aliphatic carbocycles. The maximum atomic E-state index is 13.5. The van der Waals surface area contributed by atoms with Gasteiger partial charge in [0.05, 0.1) is 17.5 Å². The lowest BCUT2D eigenvalue weighted by Crippen LogP contribution is -2.79. The molecule has 7 rings (SSSR count). The summed E-state index contributed by atoms with van der Waals surface area (Å²) in [6, 6.07) is 26.7. The molecule has 2 aliphatic heterocycles. The largest absolute Gasteiger partial charge is 0.487 e. The van der Waals surface area contributed by atoms with Gasteiger partial charge in [-0.25, -0.2) is 0 Å². The molecule has 1 saturated carbocycles. The third-order valence-electron chi connectivity index (χ3n) is 10.3. The van der Waals surface area contributed by atoms with Crippen LogP contribution < -0.4 is 4.74 Å². The molecule has 1 saturated heterocycles. The van der Waals surface area contributed by atoms with Gasteiger partial charge in [0.25, 0.3) is 0 Å². The summed E-state index contributed by atoms with van der Waals surface area (Å²) < 4.78 is 13.5. The van der Waals surface area contributed by atoms with Crippen molar-refractivity contribution in [3.05, 3.63) is 107 Å². The van der Waals surface area contributed by atoms with Gasteiger partial charge in [0.1, 0.15) is 17.5 Å². The van der Waals surface area contributed by atoms with E-state index in [0.29, 0.717) is 12.8 Å². The lowest BCUT2D eigenvalue weighted by atomic mass is 9.48.